The summed E-state index contributed by atoms with van der Waals surface area (Å²) in [6.07, 6.45) is 3.77. The normalized spacial score (nSPS) is 16.9. The van der Waals surface area contributed by atoms with E-state index in [2.05, 4.69) is 23.9 Å². The largest absolute Gasteiger partial charge is 0.468 e. The molecule has 0 atom stereocenters. The Morgan fingerprint density at radius 1 is 1.22 bits per heavy atom. The van der Waals surface area contributed by atoms with Crippen LogP contribution in [0.4, 0.5) is 0 Å². The summed E-state index contributed by atoms with van der Waals surface area (Å²) in [5.41, 5.74) is -1.02. The highest BCUT2D eigenvalue weighted by Crippen LogP contribution is 2.41. The van der Waals surface area contributed by atoms with Gasteiger partial charge in [0.1, 0.15) is 5.41 Å². The second kappa shape index (κ2) is 5.29. The molecule has 0 spiro atoms. The van der Waals surface area contributed by atoms with Gasteiger partial charge in [0, 0.05) is 6.54 Å². The number of nitrogens with one attached hydrogen (secondary N) is 1. The third-order valence-electron chi connectivity index (χ3n) is 4.18. The maximum absolute atomic E-state index is 12.0. The van der Waals surface area contributed by atoms with Gasteiger partial charge in [-0.15, -0.1) is 0 Å². The van der Waals surface area contributed by atoms with Gasteiger partial charge < -0.3 is 10.1 Å². The SMILES string of the molecule is COC(=O)C(C)(C)C(=O)NCC(C)(C)C1CCC1. The minimum absolute atomic E-state index is 0.0973. The monoisotopic (exact) mass is 255 g/mol. The minimum Gasteiger partial charge on any atom is -0.468 e. The summed E-state index contributed by atoms with van der Waals surface area (Å²) >= 11 is 0. The summed E-state index contributed by atoms with van der Waals surface area (Å²) in [5.74, 6) is -0.0813. The van der Waals surface area contributed by atoms with Gasteiger partial charge >= 0.3 is 5.97 Å². The van der Waals surface area contributed by atoms with Crippen molar-refractivity contribution in [3.8, 4) is 0 Å². The summed E-state index contributed by atoms with van der Waals surface area (Å²) in [5, 5.41) is 2.89. The van der Waals surface area contributed by atoms with Gasteiger partial charge in [-0.3, -0.25) is 9.59 Å². The summed E-state index contributed by atoms with van der Waals surface area (Å²) in [4.78, 5) is 23.5. The van der Waals surface area contributed by atoms with Crippen LogP contribution >= 0.6 is 0 Å². The predicted molar refractivity (Wildman–Crippen MR) is 69.9 cm³/mol. The Morgan fingerprint density at radius 2 is 1.78 bits per heavy atom. The third kappa shape index (κ3) is 3.03. The zero-order chi connectivity index (χ0) is 14.0. The van der Waals surface area contributed by atoms with Crippen LogP contribution in [-0.2, 0) is 14.3 Å². The molecule has 1 amide bonds. The van der Waals surface area contributed by atoms with Gasteiger partial charge in [-0.05, 0) is 38.0 Å². The van der Waals surface area contributed by atoms with Crippen LogP contribution in [0.2, 0.25) is 0 Å². The molecule has 4 nitrogen and oxygen atoms in total. The van der Waals surface area contributed by atoms with E-state index in [4.69, 9.17) is 0 Å². The van der Waals surface area contributed by atoms with E-state index in [1.165, 1.54) is 26.4 Å². The first kappa shape index (κ1) is 15.0. The number of amides is 1. The maximum atomic E-state index is 12.0. The molecule has 1 N–H and O–H groups in total. The number of hydrogen-bond donors (Lipinski definition) is 1. The van der Waals surface area contributed by atoms with Gasteiger partial charge in [-0.1, -0.05) is 20.3 Å². The first-order valence-corrected chi connectivity index (χ1v) is 6.58. The lowest BCUT2D eigenvalue weighted by molar-refractivity contribution is -0.156. The van der Waals surface area contributed by atoms with Gasteiger partial charge in [0.2, 0.25) is 5.91 Å². The molecular formula is C14H25NO3. The predicted octanol–water partition coefficient (Wildman–Crippen LogP) is 2.13. The second-order valence-corrected chi connectivity index (χ2v) is 6.42. The van der Waals surface area contributed by atoms with Crippen LogP contribution in [0.25, 0.3) is 0 Å². The zero-order valence-corrected chi connectivity index (χ0v) is 12.1. The van der Waals surface area contributed by atoms with Crippen LogP contribution in [0.5, 0.6) is 0 Å². The molecule has 0 aromatic rings. The highest BCUT2D eigenvalue weighted by molar-refractivity contribution is 6.01. The summed E-state index contributed by atoms with van der Waals surface area (Å²) in [6, 6.07) is 0. The van der Waals surface area contributed by atoms with E-state index in [1.54, 1.807) is 13.8 Å². The van der Waals surface area contributed by atoms with Crippen molar-refractivity contribution in [1.82, 2.24) is 5.32 Å². The Bertz CT molecular complexity index is 330. The summed E-state index contributed by atoms with van der Waals surface area (Å²) in [7, 11) is 1.30. The Balaban J connectivity index is 2.52. The van der Waals surface area contributed by atoms with Crippen LogP contribution in [-0.4, -0.2) is 25.5 Å². The molecule has 0 aromatic carbocycles. The fourth-order valence-electron chi connectivity index (χ4n) is 2.21. The van der Waals surface area contributed by atoms with Crippen molar-refractivity contribution in [3.63, 3.8) is 0 Å². The van der Waals surface area contributed by atoms with E-state index in [1.807, 2.05) is 0 Å². The standard InChI is InChI=1S/C14H25NO3/c1-13(2,10-7-6-8-10)9-15-11(16)14(3,4)12(17)18-5/h10H,6-9H2,1-5H3,(H,15,16). The summed E-state index contributed by atoms with van der Waals surface area (Å²) < 4.78 is 4.65. The molecule has 0 aliphatic heterocycles. The highest BCUT2D eigenvalue weighted by Gasteiger charge is 2.39. The van der Waals surface area contributed by atoms with Crippen LogP contribution < -0.4 is 5.32 Å². The molecule has 0 unspecified atom stereocenters. The molecule has 104 valence electrons. The lowest BCUT2D eigenvalue weighted by Crippen LogP contribution is -2.48. The van der Waals surface area contributed by atoms with Crippen LogP contribution in [0, 0.1) is 16.7 Å². The molecule has 1 aliphatic rings. The molecule has 0 radical (unpaired) electrons. The zero-order valence-electron chi connectivity index (χ0n) is 12.1. The van der Waals surface area contributed by atoms with E-state index in [0.29, 0.717) is 12.5 Å². The van der Waals surface area contributed by atoms with Gasteiger partial charge in [0.25, 0.3) is 0 Å². The van der Waals surface area contributed by atoms with Crippen LogP contribution in [0.3, 0.4) is 0 Å². The Labute approximate surface area is 109 Å². The van der Waals surface area contributed by atoms with Gasteiger partial charge in [-0.25, -0.2) is 0 Å². The topological polar surface area (TPSA) is 55.4 Å². The van der Waals surface area contributed by atoms with Crippen molar-refractivity contribution in [2.75, 3.05) is 13.7 Å². The number of hydrogen-bond acceptors (Lipinski definition) is 3. The van der Waals surface area contributed by atoms with E-state index in [-0.39, 0.29) is 11.3 Å². The fraction of sp³-hybridized carbons (Fsp3) is 0.857. The number of methoxy groups -OCH3 is 1. The summed E-state index contributed by atoms with van der Waals surface area (Å²) in [6.45, 7) is 8.12. The number of carbonyl (C=O) groups is 2. The highest BCUT2D eigenvalue weighted by atomic mass is 16.5. The molecule has 0 heterocycles. The van der Waals surface area contributed by atoms with Gasteiger partial charge in [0.15, 0.2) is 0 Å². The molecular weight excluding hydrogens is 230 g/mol. The van der Waals surface area contributed by atoms with Crippen LogP contribution in [0.15, 0.2) is 0 Å². The van der Waals surface area contributed by atoms with Crippen molar-refractivity contribution in [2.45, 2.75) is 47.0 Å². The number of carbonyl (C=O) groups excluding carboxylic acids is 2. The Hall–Kier alpha value is -1.06. The van der Waals surface area contributed by atoms with E-state index < -0.39 is 11.4 Å². The van der Waals surface area contributed by atoms with Crippen molar-refractivity contribution in [1.29, 1.82) is 0 Å². The average molecular weight is 255 g/mol. The van der Waals surface area contributed by atoms with E-state index in [0.717, 1.165) is 0 Å². The number of rotatable bonds is 5. The first-order chi connectivity index (χ1) is 8.21. The molecule has 4 heteroatoms. The quantitative estimate of drug-likeness (QED) is 0.605. The van der Waals surface area contributed by atoms with Crippen molar-refractivity contribution < 1.29 is 14.3 Å². The van der Waals surface area contributed by atoms with E-state index in [9.17, 15) is 9.59 Å². The Kier molecular flexibility index (Phi) is 4.41. The number of ether oxygens (including phenoxy) is 1. The molecule has 0 saturated heterocycles. The lowest BCUT2D eigenvalue weighted by atomic mass is 9.67. The molecule has 0 bridgehead atoms. The van der Waals surface area contributed by atoms with Crippen molar-refractivity contribution in [2.24, 2.45) is 16.7 Å². The van der Waals surface area contributed by atoms with Crippen LogP contribution in [0.1, 0.15) is 47.0 Å². The Morgan fingerprint density at radius 3 is 2.17 bits per heavy atom. The molecule has 1 aliphatic carbocycles. The molecule has 1 rings (SSSR count). The molecule has 1 fully saturated rings. The minimum atomic E-state index is -1.12. The smallest absolute Gasteiger partial charge is 0.320 e. The molecule has 18 heavy (non-hydrogen) atoms. The van der Waals surface area contributed by atoms with Crippen molar-refractivity contribution >= 4 is 11.9 Å². The van der Waals surface area contributed by atoms with Gasteiger partial charge in [0.05, 0.1) is 7.11 Å². The fourth-order valence-corrected chi connectivity index (χ4v) is 2.21. The van der Waals surface area contributed by atoms with Gasteiger partial charge in [-0.2, -0.15) is 0 Å². The lowest BCUT2D eigenvalue weighted by Gasteiger charge is -2.40. The molecule has 0 aromatic heterocycles. The molecule has 1 saturated carbocycles. The average Bonchev–Trinajstić information content (AvgIpc) is 2.21. The van der Waals surface area contributed by atoms with Crippen molar-refractivity contribution in [3.05, 3.63) is 0 Å². The second-order valence-electron chi connectivity index (χ2n) is 6.42. The third-order valence-corrected chi connectivity index (χ3v) is 4.18. The maximum Gasteiger partial charge on any atom is 0.320 e. The first-order valence-electron chi connectivity index (χ1n) is 6.58. The van der Waals surface area contributed by atoms with E-state index >= 15 is 0 Å². The number of esters is 1.